The molecule has 1 fully saturated rings. The van der Waals surface area contributed by atoms with Crippen LogP contribution >= 0.6 is 0 Å². The van der Waals surface area contributed by atoms with Gasteiger partial charge < -0.3 is 20.7 Å². The Morgan fingerprint density at radius 1 is 1.17 bits per heavy atom. The average Bonchev–Trinajstić information content (AvgIpc) is 3.03. The second-order valence-electron chi connectivity index (χ2n) is 9.50. The van der Waals surface area contributed by atoms with Crippen LogP contribution in [0.2, 0.25) is 0 Å². The quantitative estimate of drug-likeness (QED) is 0.626. The minimum Gasteiger partial charge on any atom is -0.444 e. The van der Waals surface area contributed by atoms with Gasteiger partial charge in [-0.15, -0.1) is 0 Å². The van der Waals surface area contributed by atoms with E-state index >= 15 is 0 Å². The van der Waals surface area contributed by atoms with Crippen molar-refractivity contribution in [3.63, 3.8) is 0 Å². The molecule has 1 unspecified atom stereocenters. The number of amides is 3. The van der Waals surface area contributed by atoms with Crippen LogP contribution in [-0.2, 0) is 19.1 Å². The topological polar surface area (TPSA) is 119 Å². The Morgan fingerprint density at radius 2 is 1.79 bits per heavy atom. The molecule has 8 heteroatoms. The van der Waals surface area contributed by atoms with Crippen LogP contribution in [0.5, 0.6) is 0 Å². The van der Waals surface area contributed by atoms with Crippen molar-refractivity contribution < 1.29 is 23.9 Å². The van der Waals surface area contributed by atoms with Gasteiger partial charge in [-0.1, -0.05) is 26.8 Å². The van der Waals surface area contributed by atoms with Crippen LogP contribution in [0.15, 0.2) is 12.2 Å². The molecule has 0 spiro atoms. The van der Waals surface area contributed by atoms with Gasteiger partial charge in [0.15, 0.2) is 5.78 Å². The number of ether oxygens (including phenoxy) is 1. The lowest BCUT2D eigenvalue weighted by Gasteiger charge is -2.28. The second-order valence-corrected chi connectivity index (χ2v) is 9.50. The molecule has 0 saturated carbocycles. The Labute approximate surface area is 173 Å². The van der Waals surface area contributed by atoms with Crippen LogP contribution in [0.25, 0.3) is 0 Å². The average molecular weight is 410 g/mol. The Balaban J connectivity index is 2.89. The van der Waals surface area contributed by atoms with Gasteiger partial charge in [0, 0.05) is 13.0 Å². The third-order valence-electron chi connectivity index (χ3n) is 4.30. The molecule has 0 radical (unpaired) electrons. The zero-order valence-corrected chi connectivity index (χ0v) is 18.4. The first-order valence-electron chi connectivity index (χ1n) is 10.0. The van der Waals surface area contributed by atoms with Gasteiger partial charge in [0.05, 0.1) is 0 Å². The number of nitrogens with two attached hydrogens (primary N) is 1. The van der Waals surface area contributed by atoms with E-state index in [0.29, 0.717) is 19.4 Å². The summed E-state index contributed by atoms with van der Waals surface area (Å²) in [7, 11) is 0. The number of rotatable bonds is 7. The maximum Gasteiger partial charge on any atom is 0.408 e. The number of carbonyl (C=O) groups excluding carboxylic acids is 4. The van der Waals surface area contributed by atoms with Gasteiger partial charge >= 0.3 is 6.09 Å². The Kier molecular flexibility index (Phi) is 8.41. The van der Waals surface area contributed by atoms with E-state index in [4.69, 9.17) is 10.5 Å². The van der Waals surface area contributed by atoms with Gasteiger partial charge in [-0.25, -0.2) is 4.79 Å². The number of hydrogen-bond acceptors (Lipinski definition) is 5. The van der Waals surface area contributed by atoms with E-state index in [9.17, 15) is 19.2 Å². The maximum atomic E-state index is 13.0. The van der Waals surface area contributed by atoms with Gasteiger partial charge in [-0.05, 0) is 51.5 Å². The van der Waals surface area contributed by atoms with E-state index < -0.39 is 35.6 Å². The summed E-state index contributed by atoms with van der Waals surface area (Å²) in [6.45, 7) is 11.5. The van der Waals surface area contributed by atoms with Crippen LogP contribution in [0.4, 0.5) is 4.79 Å². The molecule has 1 heterocycles. The Morgan fingerprint density at radius 3 is 2.31 bits per heavy atom. The van der Waals surface area contributed by atoms with E-state index in [1.165, 1.54) is 11.0 Å². The molecule has 1 aliphatic heterocycles. The third-order valence-corrected chi connectivity index (χ3v) is 4.30. The van der Waals surface area contributed by atoms with Crippen molar-refractivity contribution in [3.05, 3.63) is 12.2 Å². The molecule has 3 N–H and O–H groups in total. The lowest BCUT2D eigenvalue weighted by atomic mass is 9.95. The molecule has 2 atom stereocenters. The molecule has 0 aliphatic carbocycles. The summed E-state index contributed by atoms with van der Waals surface area (Å²) >= 11 is 0. The van der Waals surface area contributed by atoms with Crippen molar-refractivity contribution in [2.24, 2.45) is 11.1 Å². The summed E-state index contributed by atoms with van der Waals surface area (Å²) in [5.74, 6) is -1.14. The number of carbonyl (C=O) groups is 4. The van der Waals surface area contributed by atoms with Crippen LogP contribution in [0.1, 0.15) is 67.2 Å². The van der Waals surface area contributed by atoms with Crippen molar-refractivity contribution in [2.45, 2.75) is 84.9 Å². The van der Waals surface area contributed by atoms with Crippen molar-refractivity contribution in [1.29, 1.82) is 0 Å². The molecule has 8 nitrogen and oxygen atoms in total. The fraction of sp³-hybridized carbons (Fsp3) is 0.714. The van der Waals surface area contributed by atoms with Crippen LogP contribution < -0.4 is 11.1 Å². The summed E-state index contributed by atoms with van der Waals surface area (Å²) < 4.78 is 5.24. The van der Waals surface area contributed by atoms with E-state index in [1.807, 2.05) is 20.8 Å². The van der Waals surface area contributed by atoms with E-state index in [2.05, 4.69) is 5.32 Å². The Hall–Kier alpha value is -2.38. The number of hydrogen-bond donors (Lipinski definition) is 2. The smallest absolute Gasteiger partial charge is 0.408 e. The largest absolute Gasteiger partial charge is 0.444 e. The SMILES string of the molecule is CC(C)(C)/C=C\C(=O)CC[C@H](NC(=O)OC(C)(C)C)C(=O)N1CCCC1C(N)=O. The number of likely N-dealkylation sites (tertiary alicyclic amines) is 1. The van der Waals surface area contributed by atoms with Gasteiger partial charge in [0.1, 0.15) is 17.7 Å². The standard InChI is InChI=1S/C21H35N3O5/c1-20(2,3)12-11-14(25)9-10-15(23-19(28)29-21(4,5)6)18(27)24-13-7-8-16(24)17(22)26/h11-12,15-16H,7-10,13H2,1-6H3,(H2,22,26)(H,23,28)/b12-11-/t15-,16?/m0/s1. The minimum atomic E-state index is -0.975. The van der Waals surface area contributed by atoms with Crippen molar-refractivity contribution in [2.75, 3.05) is 6.54 Å². The summed E-state index contributed by atoms with van der Waals surface area (Å²) in [6.07, 6.45) is 3.89. The molecule has 3 amide bonds. The first-order valence-corrected chi connectivity index (χ1v) is 10.0. The van der Waals surface area contributed by atoms with Crippen LogP contribution in [-0.4, -0.2) is 52.8 Å². The fourth-order valence-electron chi connectivity index (χ4n) is 2.95. The number of ketones is 1. The predicted octanol–water partition coefficient (Wildman–Crippen LogP) is 2.31. The van der Waals surface area contributed by atoms with Gasteiger partial charge in [-0.3, -0.25) is 14.4 Å². The molecule has 0 aromatic carbocycles. The highest BCUT2D eigenvalue weighted by molar-refractivity contribution is 5.93. The molecule has 29 heavy (non-hydrogen) atoms. The lowest BCUT2D eigenvalue weighted by molar-refractivity contribution is -0.139. The summed E-state index contributed by atoms with van der Waals surface area (Å²) in [5.41, 5.74) is 4.54. The number of primary amides is 1. The predicted molar refractivity (Wildman–Crippen MR) is 110 cm³/mol. The normalized spacial score (nSPS) is 18.6. The summed E-state index contributed by atoms with van der Waals surface area (Å²) in [5, 5.41) is 2.56. The maximum absolute atomic E-state index is 13.0. The van der Waals surface area contributed by atoms with Crippen molar-refractivity contribution in [1.82, 2.24) is 10.2 Å². The third kappa shape index (κ3) is 9.11. The number of nitrogens with zero attached hydrogens (tertiary/aromatic N) is 1. The molecule has 1 rings (SSSR count). The molecule has 0 aromatic heterocycles. The number of alkyl carbamates (subject to hydrolysis) is 1. The number of nitrogens with one attached hydrogen (secondary N) is 1. The van der Waals surface area contributed by atoms with Crippen LogP contribution in [0, 0.1) is 5.41 Å². The van der Waals surface area contributed by atoms with E-state index in [0.717, 1.165) is 0 Å². The zero-order valence-electron chi connectivity index (χ0n) is 18.4. The van der Waals surface area contributed by atoms with Crippen LogP contribution in [0.3, 0.4) is 0 Å². The first-order chi connectivity index (χ1) is 13.2. The molecule has 0 bridgehead atoms. The highest BCUT2D eigenvalue weighted by Gasteiger charge is 2.37. The van der Waals surface area contributed by atoms with Crippen molar-refractivity contribution in [3.8, 4) is 0 Å². The molecule has 0 aromatic rings. The first kappa shape index (κ1) is 24.7. The molecule has 1 saturated heterocycles. The zero-order chi connectivity index (χ0) is 22.4. The summed E-state index contributed by atoms with van der Waals surface area (Å²) in [4.78, 5) is 50.5. The molecule has 164 valence electrons. The van der Waals surface area contributed by atoms with Gasteiger partial charge in [0.2, 0.25) is 11.8 Å². The minimum absolute atomic E-state index is 0.0772. The second kappa shape index (κ2) is 9.89. The van der Waals surface area contributed by atoms with E-state index in [1.54, 1.807) is 26.8 Å². The monoisotopic (exact) mass is 409 g/mol. The lowest BCUT2D eigenvalue weighted by Crippen LogP contribution is -2.53. The Bertz CT molecular complexity index is 658. The highest BCUT2D eigenvalue weighted by Crippen LogP contribution is 2.20. The fourth-order valence-corrected chi connectivity index (χ4v) is 2.95. The molecular formula is C21H35N3O5. The number of allylic oxidation sites excluding steroid dienone is 2. The van der Waals surface area contributed by atoms with Crippen molar-refractivity contribution >= 4 is 23.7 Å². The highest BCUT2D eigenvalue weighted by atomic mass is 16.6. The van der Waals surface area contributed by atoms with Gasteiger partial charge in [0.25, 0.3) is 0 Å². The van der Waals surface area contributed by atoms with Gasteiger partial charge in [-0.2, -0.15) is 0 Å². The van der Waals surface area contributed by atoms with E-state index in [-0.39, 0.29) is 24.0 Å². The summed E-state index contributed by atoms with van der Waals surface area (Å²) in [6, 6.07) is -1.67. The molecular weight excluding hydrogens is 374 g/mol. The molecule has 1 aliphatic rings.